The van der Waals surface area contributed by atoms with E-state index in [0.29, 0.717) is 19.6 Å². The maximum absolute atomic E-state index is 12.4. The number of carbonyl (C=O) groups is 2. The lowest BCUT2D eigenvalue weighted by molar-refractivity contribution is -0.192. The van der Waals surface area contributed by atoms with Crippen LogP contribution in [0.3, 0.4) is 0 Å². The first-order valence-corrected chi connectivity index (χ1v) is 7.51. The first kappa shape index (κ1) is 17.8. The van der Waals surface area contributed by atoms with Crippen molar-refractivity contribution in [1.82, 2.24) is 14.7 Å². The fourth-order valence-electron chi connectivity index (χ4n) is 3.14. The van der Waals surface area contributed by atoms with Crippen LogP contribution >= 0.6 is 0 Å². The number of amides is 2. The third kappa shape index (κ3) is 3.70. The summed E-state index contributed by atoms with van der Waals surface area (Å²) >= 11 is 0. The Morgan fingerprint density at radius 1 is 1.04 bits per heavy atom. The summed E-state index contributed by atoms with van der Waals surface area (Å²) in [5.41, 5.74) is -0.276. The largest absolute Gasteiger partial charge is 0.471 e. The molecule has 0 spiro atoms. The van der Waals surface area contributed by atoms with Crippen LogP contribution < -0.4 is 0 Å². The third-order valence-corrected chi connectivity index (χ3v) is 4.57. The highest BCUT2D eigenvalue weighted by molar-refractivity contribution is 5.82. The van der Waals surface area contributed by atoms with E-state index in [2.05, 4.69) is 0 Å². The monoisotopic (exact) mass is 337 g/mol. The molecule has 1 N–H and O–H groups in total. The summed E-state index contributed by atoms with van der Waals surface area (Å²) in [5, 5.41) is 9.30. The van der Waals surface area contributed by atoms with E-state index >= 15 is 0 Å². The van der Waals surface area contributed by atoms with Crippen LogP contribution in [0.25, 0.3) is 0 Å². The standard InChI is InChI=1S/C14H22F3N3O3/c1-13(2,3)10-8-18(4-5-20(10)12(22)23)9-6-19(7-9)11(21)14(15,16)17/h9-10H,4-8H2,1-3H3,(H,22,23). The molecule has 2 heterocycles. The highest BCUT2D eigenvalue weighted by Crippen LogP contribution is 2.31. The van der Waals surface area contributed by atoms with Gasteiger partial charge in [-0.15, -0.1) is 0 Å². The van der Waals surface area contributed by atoms with Crippen molar-refractivity contribution in [3.63, 3.8) is 0 Å². The van der Waals surface area contributed by atoms with Gasteiger partial charge in [-0.25, -0.2) is 4.79 Å². The Bertz CT molecular complexity index is 484. The number of alkyl halides is 3. The molecule has 2 saturated heterocycles. The Morgan fingerprint density at radius 2 is 1.61 bits per heavy atom. The summed E-state index contributed by atoms with van der Waals surface area (Å²) < 4.78 is 37.1. The summed E-state index contributed by atoms with van der Waals surface area (Å²) in [6.07, 6.45) is -5.81. The molecule has 0 aliphatic carbocycles. The summed E-state index contributed by atoms with van der Waals surface area (Å²) in [6, 6.07) is -0.372. The van der Waals surface area contributed by atoms with E-state index in [1.54, 1.807) is 0 Å². The van der Waals surface area contributed by atoms with E-state index in [0.717, 1.165) is 4.90 Å². The Kier molecular flexibility index (Phi) is 4.53. The molecule has 2 rings (SSSR count). The van der Waals surface area contributed by atoms with Gasteiger partial charge in [0.15, 0.2) is 0 Å². The van der Waals surface area contributed by atoms with Gasteiger partial charge in [-0.1, -0.05) is 20.8 Å². The maximum Gasteiger partial charge on any atom is 0.471 e. The number of likely N-dealkylation sites (tertiary alicyclic amines) is 1. The van der Waals surface area contributed by atoms with Crippen molar-refractivity contribution in [1.29, 1.82) is 0 Å². The molecule has 6 nitrogen and oxygen atoms in total. The van der Waals surface area contributed by atoms with Crippen LogP contribution in [0.15, 0.2) is 0 Å². The zero-order valence-corrected chi connectivity index (χ0v) is 13.4. The van der Waals surface area contributed by atoms with Crippen LogP contribution in [-0.2, 0) is 4.79 Å². The van der Waals surface area contributed by atoms with Gasteiger partial charge in [-0.05, 0) is 5.41 Å². The summed E-state index contributed by atoms with van der Waals surface area (Å²) in [7, 11) is 0. The molecule has 0 saturated carbocycles. The van der Waals surface area contributed by atoms with Gasteiger partial charge >= 0.3 is 18.2 Å². The van der Waals surface area contributed by atoms with E-state index in [4.69, 9.17) is 0 Å². The van der Waals surface area contributed by atoms with Crippen molar-refractivity contribution < 1.29 is 27.9 Å². The van der Waals surface area contributed by atoms with E-state index < -0.39 is 18.2 Å². The lowest BCUT2D eigenvalue weighted by Gasteiger charge is -2.52. The van der Waals surface area contributed by atoms with Crippen molar-refractivity contribution in [2.75, 3.05) is 32.7 Å². The summed E-state index contributed by atoms with van der Waals surface area (Å²) in [4.78, 5) is 26.7. The zero-order valence-electron chi connectivity index (χ0n) is 13.4. The fraction of sp³-hybridized carbons (Fsp3) is 0.857. The molecular formula is C14H22F3N3O3. The minimum absolute atomic E-state index is 0.0439. The number of hydrogen-bond acceptors (Lipinski definition) is 3. The number of carboxylic acid groups (broad SMARTS) is 1. The molecule has 2 fully saturated rings. The summed E-state index contributed by atoms with van der Waals surface area (Å²) in [5.74, 6) is -1.80. The van der Waals surface area contributed by atoms with E-state index in [-0.39, 0.29) is 30.6 Å². The van der Waals surface area contributed by atoms with Gasteiger partial charge in [0.05, 0.1) is 6.04 Å². The van der Waals surface area contributed by atoms with Gasteiger partial charge in [0, 0.05) is 38.8 Å². The predicted molar refractivity (Wildman–Crippen MR) is 76.0 cm³/mol. The van der Waals surface area contributed by atoms with Crippen molar-refractivity contribution >= 4 is 12.0 Å². The lowest BCUT2D eigenvalue weighted by Crippen LogP contribution is -2.68. The molecule has 0 bridgehead atoms. The van der Waals surface area contributed by atoms with Crippen LogP contribution in [0.5, 0.6) is 0 Å². The first-order valence-electron chi connectivity index (χ1n) is 7.51. The Hall–Kier alpha value is -1.51. The molecule has 2 aliphatic heterocycles. The second-order valence-corrected chi connectivity index (χ2v) is 7.21. The molecular weight excluding hydrogens is 315 g/mol. The molecule has 9 heteroatoms. The van der Waals surface area contributed by atoms with Gasteiger partial charge in [-0.3, -0.25) is 9.69 Å². The Balaban J connectivity index is 1.97. The first-order chi connectivity index (χ1) is 10.4. The van der Waals surface area contributed by atoms with E-state index in [1.807, 2.05) is 25.7 Å². The summed E-state index contributed by atoms with van der Waals surface area (Å²) in [6.45, 7) is 7.17. The highest BCUT2D eigenvalue weighted by atomic mass is 19.4. The molecule has 132 valence electrons. The average Bonchev–Trinajstić information content (AvgIpc) is 2.34. The topological polar surface area (TPSA) is 64.1 Å². The van der Waals surface area contributed by atoms with Gasteiger partial charge < -0.3 is 14.9 Å². The number of piperazine rings is 1. The molecule has 0 aromatic rings. The van der Waals surface area contributed by atoms with Crippen LogP contribution in [0, 0.1) is 5.41 Å². The van der Waals surface area contributed by atoms with Crippen LogP contribution in [0.2, 0.25) is 0 Å². The van der Waals surface area contributed by atoms with Crippen molar-refractivity contribution in [2.45, 2.75) is 39.0 Å². The SMILES string of the molecule is CC(C)(C)C1CN(C2CN(C(=O)C(F)(F)F)C2)CCN1C(=O)O. The minimum Gasteiger partial charge on any atom is -0.465 e. The highest BCUT2D eigenvalue weighted by Gasteiger charge is 2.49. The van der Waals surface area contributed by atoms with Crippen LogP contribution in [0.4, 0.5) is 18.0 Å². The van der Waals surface area contributed by atoms with Crippen molar-refractivity contribution in [3.8, 4) is 0 Å². The number of hydrogen-bond donors (Lipinski definition) is 1. The Labute approximate surface area is 132 Å². The molecule has 2 aliphatic rings. The Morgan fingerprint density at radius 3 is 2.04 bits per heavy atom. The molecule has 2 amide bonds. The zero-order chi connectivity index (χ0) is 17.6. The molecule has 1 atom stereocenters. The molecule has 0 aromatic carbocycles. The number of rotatable bonds is 1. The predicted octanol–water partition coefficient (Wildman–Crippen LogP) is 1.47. The average molecular weight is 337 g/mol. The second-order valence-electron chi connectivity index (χ2n) is 7.21. The van der Waals surface area contributed by atoms with Gasteiger partial charge in [0.1, 0.15) is 0 Å². The lowest BCUT2D eigenvalue weighted by atomic mass is 9.83. The maximum atomic E-state index is 12.4. The van der Waals surface area contributed by atoms with Gasteiger partial charge in [0.2, 0.25) is 0 Å². The molecule has 0 aromatic heterocycles. The fourth-order valence-corrected chi connectivity index (χ4v) is 3.14. The van der Waals surface area contributed by atoms with Gasteiger partial charge in [0.25, 0.3) is 0 Å². The molecule has 1 unspecified atom stereocenters. The number of halogens is 3. The smallest absolute Gasteiger partial charge is 0.465 e. The van der Waals surface area contributed by atoms with E-state index in [9.17, 15) is 27.9 Å². The third-order valence-electron chi connectivity index (χ3n) is 4.57. The molecule has 0 radical (unpaired) electrons. The second kappa shape index (κ2) is 5.85. The normalized spacial score (nSPS) is 24.5. The van der Waals surface area contributed by atoms with Crippen molar-refractivity contribution in [3.05, 3.63) is 0 Å². The number of carbonyl (C=O) groups excluding carboxylic acids is 1. The van der Waals surface area contributed by atoms with Crippen LogP contribution in [-0.4, -0.2) is 82.8 Å². The van der Waals surface area contributed by atoms with E-state index in [1.165, 1.54) is 4.90 Å². The van der Waals surface area contributed by atoms with Crippen LogP contribution in [0.1, 0.15) is 20.8 Å². The van der Waals surface area contributed by atoms with Gasteiger partial charge in [-0.2, -0.15) is 13.2 Å². The number of nitrogens with zero attached hydrogens (tertiary/aromatic N) is 3. The minimum atomic E-state index is -4.83. The molecule has 23 heavy (non-hydrogen) atoms. The quantitative estimate of drug-likeness (QED) is 0.787. The van der Waals surface area contributed by atoms with Crippen molar-refractivity contribution in [2.24, 2.45) is 5.41 Å².